The summed E-state index contributed by atoms with van der Waals surface area (Å²) < 4.78 is 0. The van der Waals surface area contributed by atoms with Crippen molar-refractivity contribution in [1.82, 2.24) is 15.3 Å². The molecular weight excluding hydrogens is 366 g/mol. The van der Waals surface area contributed by atoms with Gasteiger partial charge in [-0.1, -0.05) is 37.3 Å². The Morgan fingerprint density at radius 3 is 2.72 bits per heavy atom. The molecule has 1 aliphatic rings. The van der Waals surface area contributed by atoms with Gasteiger partial charge in [-0.25, -0.2) is 0 Å². The van der Waals surface area contributed by atoms with Crippen LogP contribution in [0, 0.1) is 0 Å². The molecule has 29 heavy (non-hydrogen) atoms. The Hall–Kier alpha value is -3.76. The fourth-order valence-corrected chi connectivity index (χ4v) is 3.26. The molecule has 0 bridgehead atoms. The molecule has 0 spiro atoms. The van der Waals surface area contributed by atoms with Crippen molar-refractivity contribution in [1.29, 1.82) is 0 Å². The lowest BCUT2D eigenvalue weighted by atomic mass is 10.0. The van der Waals surface area contributed by atoms with E-state index < -0.39 is 0 Å². The molecule has 0 saturated heterocycles. The van der Waals surface area contributed by atoms with Gasteiger partial charge in [-0.2, -0.15) is 9.59 Å². The molecule has 2 aromatic heterocycles. The van der Waals surface area contributed by atoms with Crippen molar-refractivity contribution in [3.8, 4) is 22.5 Å². The van der Waals surface area contributed by atoms with Crippen LogP contribution in [0.2, 0.25) is 0 Å². The van der Waals surface area contributed by atoms with Gasteiger partial charge >= 0.3 is 6.15 Å². The Kier molecular flexibility index (Phi) is 6.51. The van der Waals surface area contributed by atoms with Crippen LogP contribution in [0.5, 0.6) is 0 Å². The van der Waals surface area contributed by atoms with Crippen LogP contribution in [0.15, 0.2) is 54.7 Å². The van der Waals surface area contributed by atoms with Crippen LogP contribution in [0.25, 0.3) is 28.6 Å². The number of rotatable bonds is 4. The Morgan fingerprint density at radius 2 is 1.97 bits per heavy atom. The van der Waals surface area contributed by atoms with Crippen molar-refractivity contribution in [3.05, 3.63) is 71.6 Å². The first-order valence-electron chi connectivity index (χ1n) is 9.39. The first-order valence-corrected chi connectivity index (χ1v) is 9.39. The van der Waals surface area contributed by atoms with Crippen LogP contribution in [0.4, 0.5) is 0 Å². The number of hydrogen-bond acceptors (Lipinski definition) is 4. The number of H-pyrrole nitrogens is 1. The number of fused-ring (bicyclic) bond motifs is 1. The van der Waals surface area contributed by atoms with Gasteiger partial charge in [0.2, 0.25) is 0 Å². The molecule has 0 aliphatic carbocycles. The van der Waals surface area contributed by atoms with Crippen molar-refractivity contribution >= 4 is 18.1 Å². The monoisotopic (exact) mass is 387 g/mol. The highest BCUT2D eigenvalue weighted by Gasteiger charge is 2.20. The number of amides is 1. The Bertz CT molecular complexity index is 1080. The van der Waals surface area contributed by atoms with Crippen LogP contribution in [-0.4, -0.2) is 28.6 Å². The molecule has 0 atom stereocenters. The first-order chi connectivity index (χ1) is 14.2. The molecule has 1 aromatic carbocycles. The number of carbonyl (C=O) groups excluding carboxylic acids is 3. The van der Waals surface area contributed by atoms with E-state index in [-0.39, 0.29) is 12.1 Å². The molecule has 0 radical (unpaired) electrons. The van der Waals surface area contributed by atoms with Crippen LogP contribution in [0.3, 0.4) is 0 Å². The molecule has 1 amide bonds. The zero-order chi connectivity index (χ0) is 20.6. The second kappa shape index (κ2) is 9.44. The molecule has 1 aliphatic heterocycles. The Balaban J connectivity index is 0.000000755. The van der Waals surface area contributed by atoms with Gasteiger partial charge < -0.3 is 10.3 Å². The van der Waals surface area contributed by atoms with Crippen LogP contribution >= 0.6 is 0 Å². The van der Waals surface area contributed by atoms with Crippen LogP contribution in [0.1, 0.15) is 35.0 Å². The summed E-state index contributed by atoms with van der Waals surface area (Å²) in [4.78, 5) is 36.2. The number of benzene rings is 1. The predicted molar refractivity (Wildman–Crippen MR) is 110 cm³/mol. The molecule has 0 fully saturated rings. The number of allylic oxidation sites excluding steroid dienone is 1. The lowest BCUT2D eigenvalue weighted by Crippen LogP contribution is -2.31. The molecule has 0 unspecified atom stereocenters. The fraction of sp³-hybridized carbons (Fsp3) is 0.174. The number of aromatic nitrogens is 2. The van der Waals surface area contributed by atoms with E-state index in [1.54, 1.807) is 0 Å². The Labute approximate surface area is 168 Å². The van der Waals surface area contributed by atoms with Gasteiger partial charge in [-0.15, -0.1) is 0 Å². The lowest BCUT2D eigenvalue weighted by molar-refractivity contribution is -0.191. The van der Waals surface area contributed by atoms with Crippen LogP contribution in [-0.2, 0) is 16.0 Å². The molecule has 6 nitrogen and oxygen atoms in total. The first kappa shape index (κ1) is 20.0. The fourth-order valence-electron chi connectivity index (χ4n) is 3.26. The second-order valence-electron chi connectivity index (χ2n) is 6.53. The number of aromatic amines is 1. The number of nitrogens with one attached hydrogen (secondary N) is 2. The smallest absolute Gasteiger partial charge is 0.358 e. The summed E-state index contributed by atoms with van der Waals surface area (Å²) in [6.07, 6.45) is 8.20. The van der Waals surface area contributed by atoms with E-state index in [1.807, 2.05) is 18.3 Å². The van der Waals surface area contributed by atoms with E-state index in [0.29, 0.717) is 6.54 Å². The molecule has 6 heteroatoms. The summed E-state index contributed by atoms with van der Waals surface area (Å²) in [5.74, 6) is -0.00144. The summed E-state index contributed by atoms with van der Waals surface area (Å²) in [7, 11) is 0. The maximum Gasteiger partial charge on any atom is 0.373 e. The third-order valence-electron chi connectivity index (χ3n) is 4.60. The summed E-state index contributed by atoms with van der Waals surface area (Å²) in [6, 6.07) is 14.3. The second-order valence-corrected chi connectivity index (χ2v) is 6.53. The maximum atomic E-state index is 12.0. The van der Waals surface area contributed by atoms with Gasteiger partial charge in [0.1, 0.15) is 0 Å². The number of nitrogens with zero attached hydrogens (tertiary/aromatic N) is 1. The topological polar surface area (TPSA) is 91.9 Å². The quantitative estimate of drug-likeness (QED) is 0.711. The zero-order valence-corrected chi connectivity index (χ0v) is 16.1. The molecule has 2 N–H and O–H groups in total. The van der Waals surface area contributed by atoms with E-state index >= 15 is 0 Å². The van der Waals surface area contributed by atoms with Crippen molar-refractivity contribution in [2.45, 2.75) is 19.8 Å². The van der Waals surface area contributed by atoms with E-state index in [9.17, 15) is 4.79 Å². The van der Waals surface area contributed by atoms with Gasteiger partial charge in [-0.05, 0) is 36.2 Å². The largest absolute Gasteiger partial charge is 0.373 e. The molecule has 146 valence electrons. The standard InChI is InChI=1S/C22H21N3O.CO2/c1-2-3-5-15-6-4-7-16(12-15)20-13-17(8-10-23-20)21-14-18-19(25-21)9-11-24-22(18)26;2-1-3/h3-8,10,12-14,25H,2,9,11H2,1H3,(H,24,26);/b5-3-;. The summed E-state index contributed by atoms with van der Waals surface area (Å²) in [5, 5.41) is 2.89. The van der Waals surface area contributed by atoms with Crippen LogP contribution < -0.4 is 5.32 Å². The van der Waals surface area contributed by atoms with Gasteiger partial charge in [0.25, 0.3) is 5.91 Å². The number of pyridine rings is 1. The van der Waals surface area contributed by atoms with Crippen molar-refractivity contribution in [2.24, 2.45) is 0 Å². The summed E-state index contributed by atoms with van der Waals surface area (Å²) in [5.41, 5.74) is 6.92. The van der Waals surface area contributed by atoms with Crippen molar-refractivity contribution in [2.75, 3.05) is 6.54 Å². The molecule has 3 aromatic rings. The highest BCUT2D eigenvalue weighted by molar-refractivity contribution is 5.97. The summed E-state index contributed by atoms with van der Waals surface area (Å²) in [6.45, 7) is 2.81. The highest BCUT2D eigenvalue weighted by Crippen LogP contribution is 2.27. The average Bonchev–Trinajstić information content (AvgIpc) is 3.19. The van der Waals surface area contributed by atoms with Crippen molar-refractivity contribution < 1.29 is 14.4 Å². The molecule has 3 heterocycles. The molecular formula is C23H21N3O3. The third kappa shape index (κ3) is 4.75. The maximum absolute atomic E-state index is 12.0. The normalized spacial score (nSPS) is 12.5. The Morgan fingerprint density at radius 1 is 1.14 bits per heavy atom. The van der Waals surface area contributed by atoms with Gasteiger partial charge in [-0.3, -0.25) is 9.78 Å². The average molecular weight is 387 g/mol. The van der Waals surface area contributed by atoms with E-state index in [1.165, 1.54) is 5.56 Å². The third-order valence-corrected chi connectivity index (χ3v) is 4.60. The minimum Gasteiger partial charge on any atom is -0.358 e. The van der Waals surface area contributed by atoms with E-state index in [0.717, 1.165) is 46.6 Å². The minimum atomic E-state index is -0.00144. The highest BCUT2D eigenvalue weighted by atomic mass is 16.2. The predicted octanol–water partition coefficient (Wildman–Crippen LogP) is 3.87. The summed E-state index contributed by atoms with van der Waals surface area (Å²) >= 11 is 0. The van der Waals surface area contributed by atoms with E-state index in [4.69, 9.17) is 9.59 Å². The minimum absolute atomic E-state index is 0.00144. The van der Waals surface area contributed by atoms with Gasteiger partial charge in [0, 0.05) is 41.7 Å². The number of hydrogen-bond donors (Lipinski definition) is 2. The van der Waals surface area contributed by atoms with Gasteiger partial charge in [0.05, 0.1) is 11.3 Å². The number of carbonyl (C=O) groups is 1. The molecule has 4 rings (SSSR count). The lowest BCUT2D eigenvalue weighted by Gasteiger charge is -2.11. The molecule has 0 saturated carbocycles. The SMILES string of the molecule is CC/C=C\c1cccc(-c2cc(-c3cc4c([nH]3)CCNC4=O)ccn2)c1.O=C=O. The van der Waals surface area contributed by atoms with E-state index in [2.05, 4.69) is 64.7 Å². The van der Waals surface area contributed by atoms with Crippen molar-refractivity contribution in [3.63, 3.8) is 0 Å². The van der Waals surface area contributed by atoms with Gasteiger partial charge in [0.15, 0.2) is 0 Å². The zero-order valence-electron chi connectivity index (χ0n) is 16.1.